The van der Waals surface area contributed by atoms with Crippen molar-refractivity contribution in [1.82, 2.24) is 0 Å². The van der Waals surface area contributed by atoms with Crippen molar-refractivity contribution in [3.8, 4) is 11.5 Å². The first-order chi connectivity index (χ1) is 13.2. The molecular weight excluding hydrogens is 401 g/mol. The van der Waals surface area contributed by atoms with Crippen LogP contribution >= 0.6 is 11.6 Å². The molecule has 148 valence electrons. The van der Waals surface area contributed by atoms with E-state index in [0.717, 1.165) is 0 Å². The predicted octanol–water partition coefficient (Wildman–Crippen LogP) is 3.65. The maximum atomic E-state index is 12.4. The molecule has 0 aromatic heterocycles. The van der Waals surface area contributed by atoms with Crippen LogP contribution in [-0.4, -0.2) is 37.7 Å². The van der Waals surface area contributed by atoms with E-state index >= 15 is 0 Å². The van der Waals surface area contributed by atoms with Gasteiger partial charge in [-0.1, -0.05) is 23.7 Å². The first-order valence-electron chi connectivity index (χ1n) is 8.04. The van der Waals surface area contributed by atoms with Crippen LogP contribution in [0.15, 0.2) is 42.5 Å². The third-order valence-electron chi connectivity index (χ3n) is 3.72. The average Bonchev–Trinajstić information content (AvgIpc) is 2.63. The second-order valence-electron chi connectivity index (χ2n) is 5.83. The van der Waals surface area contributed by atoms with E-state index in [0.29, 0.717) is 11.4 Å². The standard InChI is InChI=1S/C18H14ClF3N2O4/c19-11-5-6-14(28-10-18(20,21)22)12(7-11)23-16(25)8-24-13-3-1-2-4-15(13)27-9-17(24)26/h1-7H,8-10H2,(H,23,25). The number of hydrogen-bond acceptors (Lipinski definition) is 4. The minimum atomic E-state index is -4.54. The van der Waals surface area contributed by atoms with Gasteiger partial charge in [0, 0.05) is 5.02 Å². The summed E-state index contributed by atoms with van der Waals surface area (Å²) in [5.41, 5.74) is 0.393. The molecule has 1 aliphatic heterocycles. The second-order valence-corrected chi connectivity index (χ2v) is 6.27. The number of anilines is 2. The maximum absolute atomic E-state index is 12.4. The third-order valence-corrected chi connectivity index (χ3v) is 3.95. The molecule has 1 N–H and O–H groups in total. The number of nitrogens with one attached hydrogen (secondary N) is 1. The minimum absolute atomic E-state index is 0.0317. The number of alkyl halides is 3. The first kappa shape index (κ1) is 19.8. The highest BCUT2D eigenvalue weighted by atomic mass is 35.5. The fourth-order valence-corrected chi connectivity index (χ4v) is 2.72. The van der Waals surface area contributed by atoms with Gasteiger partial charge in [0.25, 0.3) is 5.91 Å². The van der Waals surface area contributed by atoms with Gasteiger partial charge in [0.05, 0.1) is 11.4 Å². The van der Waals surface area contributed by atoms with Gasteiger partial charge in [0.1, 0.15) is 18.0 Å². The van der Waals surface area contributed by atoms with Gasteiger partial charge in [-0.05, 0) is 30.3 Å². The molecule has 10 heteroatoms. The fraction of sp³-hybridized carbons (Fsp3) is 0.222. The molecule has 0 saturated carbocycles. The van der Waals surface area contributed by atoms with Crippen molar-refractivity contribution in [2.24, 2.45) is 0 Å². The van der Waals surface area contributed by atoms with Crippen molar-refractivity contribution >= 4 is 34.8 Å². The van der Waals surface area contributed by atoms with E-state index in [-0.39, 0.29) is 29.6 Å². The van der Waals surface area contributed by atoms with Gasteiger partial charge in [0.2, 0.25) is 5.91 Å². The number of hydrogen-bond donors (Lipinski definition) is 1. The molecule has 2 aromatic carbocycles. The van der Waals surface area contributed by atoms with Crippen LogP contribution < -0.4 is 19.7 Å². The van der Waals surface area contributed by atoms with Crippen molar-refractivity contribution in [1.29, 1.82) is 0 Å². The van der Waals surface area contributed by atoms with Crippen LogP contribution in [-0.2, 0) is 9.59 Å². The van der Waals surface area contributed by atoms with Gasteiger partial charge < -0.3 is 14.8 Å². The molecule has 0 atom stereocenters. The Morgan fingerprint density at radius 3 is 2.75 bits per heavy atom. The summed E-state index contributed by atoms with van der Waals surface area (Å²) < 4.78 is 47.3. The lowest BCUT2D eigenvalue weighted by atomic mass is 10.2. The van der Waals surface area contributed by atoms with Gasteiger partial charge in [-0.25, -0.2) is 0 Å². The highest BCUT2D eigenvalue weighted by molar-refractivity contribution is 6.31. The molecule has 2 aromatic rings. The van der Waals surface area contributed by atoms with Crippen molar-refractivity contribution in [3.63, 3.8) is 0 Å². The molecule has 28 heavy (non-hydrogen) atoms. The Morgan fingerprint density at radius 2 is 2.00 bits per heavy atom. The van der Waals surface area contributed by atoms with Crippen LogP contribution in [0, 0.1) is 0 Å². The quantitative estimate of drug-likeness (QED) is 0.811. The molecule has 6 nitrogen and oxygen atoms in total. The fourth-order valence-electron chi connectivity index (χ4n) is 2.55. The van der Waals surface area contributed by atoms with E-state index in [2.05, 4.69) is 5.32 Å². The summed E-state index contributed by atoms with van der Waals surface area (Å²) in [4.78, 5) is 25.8. The molecule has 0 fully saturated rings. The number of nitrogens with zero attached hydrogens (tertiary/aromatic N) is 1. The van der Waals surface area contributed by atoms with E-state index in [9.17, 15) is 22.8 Å². The third kappa shape index (κ3) is 4.86. The molecule has 0 radical (unpaired) electrons. The predicted molar refractivity (Wildman–Crippen MR) is 95.9 cm³/mol. The van der Waals surface area contributed by atoms with E-state index < -0.39 is 24.6 Å². The lowest BCUT2D eigenvalue weighted by Crippen LogP contribution is -2.43. The summed E-state index contributed by atoms with van der Waals surface area (Å²) in [6.45, 7) is -2.10. The monoisotopic (exact) mass is 414 g/mol. The number of rotatable bonds is 5. The van der Waals surface area contributed by atoms with Crippen LogP contribution in [0.1, 0.15) is 0 Å². The molecule has 1 heterocycles. The van der Waals surface area contributed by atoms with Gasteiger partial charge in [-0.15, -0.1) is 0 Å². The van der Waals surface area contributed by atoms with E-state index in [1.54, 1.807) is 24.3 Å². The van der Waals surface area contributed by atoms with Crippen LogP contribution in [0.2, 0.25) is 5.02 Å². The Kier molecular flexibility index (Phi) is 5.64. The summed E-state index contributed by atoms with van der Waals surface area (Å²) in [6.07, 6.45) is -4.54. The Hall–Kier alpha value is -2.94. The average molecular weight is 415 g/mol. The molecule has 2 amide bonds. The number of para-hydroxylation sites is 2. The van der Waals surface area contributed by atoms with Crippen molar-refractivity contribution in [2.45, 2.75) is 6.18 Å². The zero-order chi connectivity index (χ0) is 20.3. The maximum Gasteiger partial charge on any atom is 0.422 e. The van der Waals surface area contributed by atoms with Crippen LogP contribution in [0.25, 0.3) is 0 Å². The molecule has 0 bridgehead atoms. The number of ether oxygens (including phenoxy) is 2. The second kappa shape index (κ2) is 7.97. The van der Waals surface area contributed by atoms with Crippen molar-refractivity contribution < 1.29 is 32.2 Å². The summed E-state index contributed by atoms with van der Waals surface area (Å²) in [5, 5.41) is 2.63. The number of carbonyl (C=O) groups is 2. The Balaban J connectivity index is 1.75. The van der Waals surface area contributed by atoms with Crippen molar-refractivity contribution in [3.05, 3.63) is 47.5 Å². The SMILES string of the molecule is O=C(CN1C(=O)COc2ccccc21)Nc1cc(Cl)ccc1OCC(F)(F)F. The normalized spacial score (nSPS) is 13.6. The lowest BCUT2D eigenvalue weighted by Gasteiger charge is -2.28. The zero-order valence-electron chi connectivity index (χ0n) is 14.3. The molecule has 0 aliphatic carbocycles. The van der Waals surface area contributed by atoms with Crippen LogP contribution in [0.5, 0.6) is 11.5 Å². The highest BCUT2D eigenvalue weighted by Gasteiger charge is 2.30. The van der Waals surface area contributed by atoms with Gasteiger partial charge in [-0.2, -0.15) is 13.2 Å². The van der Waals surface area contributed by atoms with Crippen LogP contribution in [0.4, 0.5) is 24.5 Å². The Bertz CT molecular complexity index is 905. The van der Waals surface area contributed by atoms with E-state index in [1.807, 2.05) is 0 Å². The highest BCUT2D eigenvalue weighted by Crippen LogP contribution is 2.32. The Morgan fingerprint density at radius 1 is 1.25 bits per heavy atom. The molecule has 3 rings (SSSR count). The number of benzene rings is 2. The number of halogens is 4. The molecule has 1 aliphatic rings. The van der Waals surface area contributed by atoms with Gasteiger partial charge in [0.15, 0.2) is 13.2 Å². The summed E-state index contributed by atoms with van der Waals surface area (Å²) in [6, 6.07) is 10.5. The van der Waals surface area contributed by atoms with Gasteiger partial charge in [-0.3, -0.25) is 14.5 Å². The number of carbonyl (C=O) groups excluding carboxylic acids is 2. The molecule has 0 saturated heterocycles. The smallest absolute Gasteiger partial charge is 0.422 e. The molecule has 0 spiro atoms. The number of amides is 2. The number of fused-ring (bicyclic) bond motifs is 1. The van der Waals surface area contributed by atoms with E-state index in [4.69, 9.17) is 21.1 Å². The largest absolute Gasteiger partial charge is 0.482 e. The van der Waals surface area contributed by atoms with Gasteiger partial charge >= 0.3 is 6.18 Å². The van der Waals surface area contributed by atoms with Crippen LogP contribution in [0.3, 0.4) is 0 Å². The summed E-state index contributed by atoms with van der Waals surface area (Å²) >= 11 is 5.86. The summed E-state index contributed by atoms with van der Waals surface area (Å²) in [7, 11) is 0. The summed E-state index contributed by atoms with van der Waals surface area (Å²) in [5.74, 6) is -0.798. The van der Waals surface area contributed by atoms with E-state index in [1.165, 1.54) is 23.1 Å². The molecular formula is C18H14ClF3N2O4. The Labute approximate surface area is 162 Å². The molecule has 0 unspecified atom stereocenters. The lowest BCUT2D eigenvalue weighted by molar-refractivity contribution is -0.153. The first-order valence-corrected chi connectivity index (χ1v) is 8.42. The zero-order valence-corrected chi connectivity index (χ0v) is 15.0. The van der Waals surface area contributed by atoms with Crippen molar-refractivity contribution in [2.75, 3.05) is 30.0 Å². The topological polar surface area (TPSA) is 67.9 Å². The minimum Gasteiger partial charge on any atom is -0.482 e.